The number of para-hydroxylation sites is 1. The summed E-state index contributed by atoms with van der Waals surface area (Å²) >= 11 is 0. The van der Waals surface area contributed by atoms with E-state index in [0.717, 1.165) is 11.4 Å². The number of nitrogens with one attached hydrogen (secondary N) is 3. The van der Waals surface area contributed by atoms with Crippen LogP contribution in [0.3, 0.4) is 0 Å². The van der Waals surface area contributed by atoms with E-state index in [0.29, 0.717) is 33.2 Å². The zero-order valence-electron chi connectivity index (χ0n) is 14.2. The van der Waals surface area contributed by atoms with Crippen LogP contribution in [0.5, 0.6) is 0 Å². The van der Waals surface area contributed by atoms with Crippen molar-refractivity contribution in [3.05, 3.63) is 40.1 Å². The van der Waals surface area contributed by atoms with E-state index in [-0.39, 0.29) is 11.8 Å². The van der Waals surface area contributed by atoms with Crippen LogP contribution >= 0.6 is 0 Å². The highest BCUT2D eigenvalue weighted by molar-refractivity contribution is 6.05. The van der Waals surface area contributed by atoms with Crippen LogP contribution in [0.2, 0.25) is 0 Å². The number of carbonyl (C=O) groups is 1. The molecule has 3 aromatic rings. The number of carboxylic acid groups (broad SMARTS) is 1. The topological polar surface area (TPSA) is 104 Å². The predicted molar refractivity (Wildman–Crippen MR) is 100.0 cm³/mol. The molecule has 0 aliphatic rings. The molecule has 0 bridgehead atoms. The fourth-order valence-electron chi connectivity index (χ4n) is 3.07. The Morgan fingerprint density at radius 2 is 1.76 bits per heavy atom. The van der Waals surface area contributed by atoms with Gasteiger partial charge in [-0.3, -0.25) is 9.59 Å². The summed E-state index contributed by atoms with van der Waals surface area (Å²) in [5.41, 5.74) is 3.12. The maximum absolute atomic E-state index is 13.0. The minimum atomic E-state index is -0.981. The van der Waals surface area contributed by atoms with Gasteiger partial charge in [0.05, 0.1) is 28.6 Å². The molecule has 0 radical (unpaired) electrons. The second-order valence-electron chi connectivity index (χ2n) is 5.60. The molecule has 0 unspecified atom stereocenters. The summed E-state index contributed by atoms with van der Waals surface area (Å²) in [4.78, 5) is 24.1. The Labute approximate surface area is 143 Å². The summed E-state index contributed by atoms with van der Waals surface area (Å²) in [5, 5.41) is 19.1. The van der Waals surface area contributed by atoms with Gasteiger partial charge < -0.3 is 25.5 Å². The lowest BCUT2D eigenvalue weighted by atomic mass is 10.0. The van der Waals surface area contributed by atoms with Gasteiger partial charge in [-0.2, -0.15) is 0 Å². The first-order chi connectivity index (χ1) is 12.0. The maximum atomic E-state index is 13.0. The van der Waals surface area contributed by atoms with E-state index in [1.54, 1.807) is 45.4 Å². The third-order valence-electron chi connectivity index (χ3n) is 4.18. The van der Waals surface area contributed by atoms with Gasteiger partial charge in [0, 0.05) is 26.7 Å². The van der Waals surface area contributed by atoms with Crippen LogP contribution in [0.25, 0.3) is 21.9 Å². The molecule has 1 heterocycles. The van der Waals surface area contributed by atoms with Crippen LogP contribution in [0.15, 0.2) is 33.5 Å². The SMILES string of the molecule is CNc1cc2c(=O)c3cccc(CC(=O)O)c3oc2c(NC)c1NC. The predicted octanol–water partition coefficient (Wildman–Crippen LogP) is 2.70. The minimum absolute atomic E-state index is 0.195. The highest BCUT2D eigenvalue weighted by atomic mass is 16.4. The first kappa shape index (κ1) is 16.6. The summed E-state index contributed by atoms with van der Waals surface area (Å²) in [6.07, 6.45) is -0.214. The number of aliphatic carboxylic acids is 1. The fraction of sp³-hybridized carbons (Fsp3) is 0.222. The van der Waals surface area contributed by atoms with Crippen LogP contribution in [0.4, 0.5) is 17.1 Å². The molecule has 7 heteroatoms. The molecule has 7 nitrogen and oxygen atoms in total. The number of hydrogen-bond donors (Lipinski definition) is 4. The van der Waals surface area contributed by atoms with Crippen molar-refractivity contribution < 1.29 is 14.3 Å². The molecular formula is C18H19N3O4. The van der Waals surface area contributed by atoms with Crippen LogP contribution < -0.4 is 21.4 Å². The molecule has 4 N–H and O–H groups in total. The molecule has 0 saturated carbocycles. The van der Waals surface area contributed by atoms with Crippen molar-refractivity contribution in [3.63, 3.8) is 0 Å². The largest absolute Gasteiger partial charge is 0.481 e. The Morgan fingerprint density at radius 3 is 2.36 bits per heavy atom. The molecule has 0 aliphatic heterocycles. The van der Waals surface area contributed by atoms with E-state index in [1.807, 2.05) is 0 Å². The van der Waals surface area contributed by atoms with Crippen LogP contribution in [-0.2, 0) is 11.2 Å². The Balaban J connectivity index is 2.50. The van der Waals surface area contributed by atoms with Crippen molar-refractivity contribution in [3.8, 4) is 0 Å². The van der Waals surface area contributed by atoms with Gasteiger partial charge in [-0.1, -0.05) is 12.1 Å². The highest BCUT2D eigenvalue weighted by Crippen LogP contribution is 2.38. The quantitative estimate of drug-likeness (QED) is 0.529. The van der Waals surface area contributed by atoms with Crippen LogP contribution in [0, 0.1) is 0 Å². The zero-order chi connectivity index (χ0) is 18.1. The maximum Gasteiger partial charge on any atom is 0.307 e. The Hall–Kier alpha value is -3.22. The molecule has 0 atom stereocenters. The van der Waals surface area contributed by atoms with E-state index < -0.39 is 5.97 Å². The molecule has 0 fully saturated rings. The smallest absolute Gasteiger partial charge is 0.307 e. The molecule has 0 saturated heterocycles. The van der Waals surface area contributed by atoms with Crippen molar-refractivity contribution in [1.82, 2.24) is 0 Å². The van der Waals surface area contributed by atoms with Gasteiger partial charge in [0.15, 0.2) is 5.58 Å². The van der Waals surface area contributed by atoms with E-state index in [4.69, 9.17) is 9.52 Å². The summed E-state index contributed by atoms with van der Waals surface area (Å²) in [5.74, 6) is -0.981. The number of carboxylic acids is 1. The third-order valence-corrected chi connectivity index (χ3v) is 4.18. The fourth-order valence-corrected chi connectivity index (χ4v) is 3.07. The van der Waals surface area contributed by atoms with Crippen molar-refractivity contribution >= 4 is 45.0 Å². The van der Waals surface area contributed by atoms with Gasteiger partial charge >= 0.3 is 5.97 Å². The van der Waals surface area contributed by atoms with Gasteiger partial charge in [-0.25, -0.2) is 0 Å². The molecule has 1 aromatic heterocycles. The molecule has 25 heavy (non-hydrogen) atoms. The number of benzene rings is 2. The van der Waals surface area contributed by atoms with Gasteiger partial charge in [-0.15, -0.1) is 0 Å². The van der Waals surface area contributed by atoms with Gasteiger partial charge in [0.1, 0.15) is 11.3 Å². The molecular weight excluding hydrogens is 322 g/mol. The molecule has 130 valence electrons. The summed E-state index contributed by atoms with van der Waals surface area (Å²) in [7, 11) is 5.29. The lowest BCUT2D eigenvalue weighted by molar-refractivity contribution is -0.136. The number of anilines is 3. The standard InChI is InChI=1S/C18H19N3O4/c1-19-12-8-11-16(24)10-6-4-5-9(7-13(22)23)17(10)25-18(11)15(21-3)14(12)20-2/h4-6,8,19-21H,7H2,1-3H3,(H,22,23). The zero-order valence-corrected chi connectivity index (χ0v) is 14.2. The van der Waals surface area contributed by atoms with Crippen molar-refractivity contribution in [2.75, 3.05) is 37.1 Å². The number of fused-ring (bicyclic) bond motifs is 2. The Kier molecular flexibility index (Phi) is 4.22. The summed E-state index contributed by atoms with van der Waals surface area (Å²) in [6, 6.07) is 6.71. The van der Waals surface area contributed by atoms with E-state index in [1.165, 1.54) is 0 Å². The first-order valence-corrected chi connectivity index (χ1v) is 7.82. The normalized spacial score (nSPS) is 10.8. The number of rotatable bonds is 5. The Morgan fingerprint density at radius 1 is 1.04 bits per heavy atom. The average molecular weight is 341 g/mol. The van der Waals surface area contributed by atoms with Crippen molar-refractivity contribution in [1.29, 1.82) is 0 Å². The van der Waals surface area contributed by atoms with Crippen LogP contribution in [-0.4, -0.2) is 32.2 Å². The molecule has 0 aliphatic carbocycles. The second kappa shape index (κ2) is 6.35. The van der Waals surface area contributed by atoms with E-state index in [2.05, 4.69) is 16.0 Å². The Bertz CT molecular complexity index is 1040. The monoisotopic (exact) mass is 341 g/mol. The lowest BCUT2D eigenvalue weighted by Gasteiger charge is -2.16. The molecule has 3 rings (SSSR count). The van der Waals surface area contributed by atoms with E-state index in [9.17, 15) is 9.59 Å². The van der Waals surface area contributed by atoms with Crippen molar-refractivity contribution in [2.45, 2.75) is 6.42 Å². The lowest BCUT2D eigenvalue weighted by Crippen LogP contribution is -2.09. The second-order valence-corrected chi connectivity index (χ2v) is 5.60. The minimum Gasteiger partial charge on any atom is -0.481 e. The molecule has 2 aromatic carbocycles. The van der Waals surface area contributed by atoms with Gasteiger partial charge in [0.2, 0.25) is 5.43 Å². The third kappa shape index (κ3) is 2.63. The van der Waals surface area contributed by atoms with Gasteiger partial charge in [0.25, 0.3) is 0 Å². The van der Waals surface area contributed by atoms with E-state index >= 15 is 0 Å². The first-order valence-electron chi connectivity index (χ1n) is 7.82. The molecule has 0 spiro atoms. The number of hydrogen-bond acceptors (Lipinski definition) is 6. The summed E-state index contributed by atoms with van der Waals surface area (Å²) in [6.45, 7) is 0. The highest BCUT2D eigenvalue weighted by Gasteiger charge is 2.19. The summed E-state index contributed by atoms with van der Waals surface area (Å²) < 4.78 is 6.03. The average Bonchev–Trinajstić information content (AvgIpc) is 2.60. The van der Waals surface area contributed by atoms with Crippen LogP contribution in [0.1, 0.15) is 5.56 Å². The van der Waals surface area contributed by atoms with Crippen molar-refractivity contribution in [2.24, 2.45) is 0 Å². The van der Waals surface area contributed by atoms with Gasteiger partial charge in [-0.05, 0) is 12.1 Å². The molecule has 0 amide bonds.